The summed E-state index contributed by atoms with van der Waals surface area (Å²) in [6.07, 6.45) is 3.60. The molecule has 0 bridgehead atoms. The molecule has 0 saturated heterocycles. The minimum absolute atomic E-state index is 0.0130. The van der Waals surface area contributed by atoms with Crippen molar-refractivity contribution < 1.29 is 19.3 Å². The second-order valence-corrected chi connectivity index (χ2v) is 10.1. The van der Waals surface area contributed by atoms with E-state index in [1.54, 1.807) is 22.9 Å². The molecule has 0 amide bonds. The topological polar surface area (TPSA) is 82.8 Å². The van der Waals surface area contributed by atoms with Gasteiger partial charge >= 0.3 is 5.56 Å². The molecular weight excluding hydrogens is 452 g/mol. The number of fused-ring (bicyclic) bond motifs is 2. The highest BCUT2D eigenvalue weighted by atomic mass is 32.2. The first-order valence-electron chi connectivity index (χ1n) is 10.9. The summed E-state index contributed by atoms with van der Waals surface area (Å²) in [5, 5.41) is 11.6. The van der Waals surface area contributed by atoms with E-state index < -0.39 is 10.9 Å². The lowest BCUT2D eigenvalue weighted by Gasteiger charge is -2.13. The van der Waals surface area contributed by atoms with Gasteiger partial charge in [-0.1, -0.05) is 36.4 Å². The molecule has 1 aliphatic rings. The summed E-state index contributed by atoms with van der Waals surface area (Å²) in [4.78, 5) is 18.3. The Labute approximate surface area is 199 Å². The van der Waals surface area contributed by atoms with E-state index in [4.69, 9.17) is 14.2 Å². The van der Waals surface area contributed by atoms with Crippen molar-refractivity contribution in [1.82, 2.24) is 9.55 Å². The van der Waals surface area contributed by atoms with Crippen LogP contribution in [0.2, 0.25) is 0 Å². The summed E-state index contributed by atoms with van der Waals surface area (Å²) >= 11 is 0. The van der Waals surface area contributed by atoms with E-state index in [1.807, 2.05) is 54.8 Å². The Kier molecular flexibility index (Phi) is 6.42. The van der Waals surface area contributed by atoms with E-state index >= 15 is 0 Å². The molecule has 1 aliphatic heterocycles. The zero-order chi connectivity index (χ0) is 23.5. The first-order valence-corrected chi connectivity index (χ1v) is 12.8. The van der Waals surface area contributed by atoms with Crippen LogP contribution >= 0.6 is 0 Å². The normalized spacial score (nSPS) is 13.3. The number of rotatable bonds is 8. The summed E-state index contributed by atoms with van der Waals surface area (Å²) in [5.74, 6) is 2.10. The molecule has 1 unspecified atom stereocenters. The highest BCUT2D eigenvalue weighted by Gasteiger charge is 2.29. The van der Waals surface area contributed by atoms with Crippen molar-refractivity contribution in [3.05, 3.63) is 88.3 Å². The number of hydrogen-bond acceptors (Lipinski definition) is 6. The molecule has 3 heterocycles. The van der Waals surface area contributed by atoms with Crippen molar-refractivity contribution >= 4 is 21.9 Å². The van der Waals surface area contributed by atoms with Crippen LogP contribution in [0.4, 0.5) is 0 Å². The number of benzene rings is 2. The molecule has 1 atom stereocenters. The molecule has 7 nitrogen and oxygen atoms in total. The minimum Gasteiger partial charge on any atom is -0.503 e. The fraction of sp³-hybridized carbons (Fsp3) is 0.231. The van der Waals surface area contributed by atoms with Gasteiger partial charge in [0.2, 0.25) is 6.79 Å². The van der Waals surface area contributed by atoms with E-state index in [1.165, 1.54) is 0 Å². The lowest BCUT2D eigenvalue weighted by Crippen LogP contribution is -2.29. The van der Waals surface area contributed by atoms with Crippen LogP contribution in [-0.4, -0.2) is 40.1 Å². The second kappa shape index (κ2) is 9.79. The average molecular weight is 478 g/mol. The van der Waals surface area contributed by atoms with E-state index in [2.05, 4.69) is 4.98 Å². The van der Waals surface area contributed by atoms with E-state index in [-0.39, 0.29) is 18.1 Å². The Morgan fingerprint density at radius 2 is 1.88 bits per heavy atom. The van der Waals surface area contributed by atoms with Crippen molar-refractivity contribution in [3.63, 3.8) is 0 Å². The maximum atomic E-state index is 13.5. The van der Waals surface area contributed by atoms with Crippen molar-refractivity contribution in [2.75, 3.05) is 25.4 Å². The predicted molar refractivity (Wildman–Crippen MR) is 132 cm³/mol. The Hall–Kier alpha value is -3.49. The first-order chi connectivity index (χ1) is 16.6. The maximum absolute atomic E-state index is 13.5. The predicted octanol–water partition coefficient (Wildman–Crippen LogP) is 3.70. The summed E-state index contributed by atoms with van der Waals surface area (Å²) in [6.45, 7) is 1.51. The van der Waals surface area contributed by atoms with Gasteiger partial charge in [0.05, 0.1) is 25.1 Å². The van der Waals surface area contributed by atoms with Crippen LogP contribution in [0.25, 0.3) is 11.0 Å². The molecule has 34 heavy (non-hydrogen) atoms. The fourth-order valence-corrected chi connectivity index (χ4v) is 5.39. The van der Waals surface area contributed by atoms with Gasteiger partial charge in [-0.15, -0.1) is 0 Å². The zero-order valence-electron chi connectivity index (χ0n) is 18.8. The van der Waals surface area contributed by atoms with E-state index in [0.29, 0.717) is 41.4 Å². The highest BCUT2D eigenvalue weighted by Crippen LogP contribution is 2.33. The summed E-state index contributed by atoms with van der Waals surface area (Å²) in [6, 6.07) is 19.1. The molecule has 0 aliphatic carbocycles. The molecule has 4 aromatic rings. The third-order valence-corrected chi connectivity index (χ3v) is 7.57. The van der Waals surface area contributed by atoms with Crippen molar-refractivity contribution in [3.8, 4) is 17.2 Å². The van der Waals surface area contributed by atoms with Crippen molar-refractivity contribution in [1.29, 1.82) is 0 Å². The Balaban J connectivity index is 1.34. The second-order valence-electron chi connectivity index (χ2n) is 8.01. The fourth-order valence-electron chi connectivity index (χ4n) is 3.97. The Bertz CT molecular complexity index is 1370. The van der Waals surface area contributed by atoms with Gasteiger partial charge in [-0.25, -0.2) is 4.98 Å². The van der Waals surface area contributed by atoms with Gasteiger partial charge in [0, 0.05) is 17.1 Å². The number of pyridine rings is 2. The van der Waals surface area contributed by atoms with E-state index in [0.717, 1.165) is 22.6 Å². The lowest BCUT2D eigenvalue weighted by atomic mass is 10.2. The molecule has 0 radical (unpaired) electrons. The molecule has 2 aromatic carbocycles. The van der Waals surface area contributed by atoms with Gasteiger partial charge in [-0.05, 0) is 35.4 Å². The third kappa shape index (κ3) is 4.47. The highest BCUT2D eigenvalue weighted by molar-refractivity contribution is 7.96. The van der Waals surface area contributed by atoms with Gasteiger partial charge in [0.15, 0.2) is 17.2 Å². The van der Waals surface area contributed by atoms with Gasteiger partial charge in [-0.3, -0.25) is 9.36 Å². The molecule has 0 fully saturated rings. The number of ether oxygens (including phenoxy) is 3. The molecule has 1 N–H and O–H groups in total. The number of aromatic nitrogens is 2. The summed E-state index contributed by atoms with van der Waals surface area (Å²) in [7, 11) is -0.519. The average Bonchev–Trinajstić information content (AvgIpc) is 3.33. The molecule has 0 saturated carbocycles. The van der Waals surface area contributed by atoms with Crippen LogP contribution in [-0.2, 0) is 28.8 Å². The molecule has 8 heteroatoms. The molecule has 2 aromatic heterocycles. The molecule has 5 rings (SSSR count). The number of aromatic hydroxyl groups is 1. The number of hydrogen-bond donors (Lipinski definition) is 1. The molecular formula is C26H25N2O5S+. The lowest BCUT2D eigenvalue weighted by molar-refractivity contribution is 0.136. The third-order valence-electron chi connectivity index (χ3n) is 5.72. The monoisotopic (exact) mass is 477 g/mol. The molecule has 174 valence electrons. The van der Waals surface area contributed by atoms with Crippen LogP contribution in [0.3, 0.4) is 0 Å². The Morgan fingerprint density at radius 1 is 1.06 bits per heavy atom. The van der Waals surface area contributed by atoms with E-state index in [9.17, 15) is 9.90 Å². The zero-order valence-corrected chi connectivity index (χ0v) is 19.6. The first kappa shape index (κ1) is 22.3. The summed E-state index contributed by atoms with van der Waals surface area (Å²) < 4.78 is 18.3. The molecule has 0 spiro atoms. The van der Waals surface area contributed by atoms with Crippen LogP contribution in [0, 0.1) is 0 Å². The van der Waals surface area contributed by atoms with Crippen LogP contribution in [0.5, 0.6) is 17.2 Å². The van der Waals surface area contributed by atoms with Gasteiger partial charge in [-0.2, -0.15) is 0 Å². The standard InChI is InChI=1S/C26H24N2O5S/c1-34(13-12-31-16-19-9-10-21-22(14-19)33-17-32-21)24-23(29)20-8-5-11-27-25(20)28(26(24)30)15-18-6-3-2-4-7-18/h2-11,14H,12-13,15-17H2,1H3/p+1. The van der Waals surface area contributed by atoms with Crippen LogP contribution < -0.4 is 15.0 Å². The van der Waals surface area contributed by atoms with Gasteiger partial charge < -0.3 is 19.3 Å². The quantitative estimate of drug-likeness (QED) is 0.308. The Morgan fingerprint density at radius 3 is 2.74 bits per heavy atom. The van der Waals surface area contributed by atoms with Gasteiger partial charge in [0.25, 0.3) is 4.90 Å². The van der Waals surface area contributed by atoms with Crippen molar-refractivity contribution in [2.24, 2.45) is 0 Å². The van der Waals surface area contributed by atoms with Gasteiger partial charge in [0.1, 0.15) is 17.7 Å². The smallest absolute Gasteiger partial charge is 0.311 e. The summed E-state index contributed by atoms with van der Waals surface area (Å²) in [5.41, 5.74) is 2.25. The minimum atomic E-state index is -0.519. The van der Waals surface area contributed by atoms with Crippen molar-refractivity contribution in [2.45, 2.75) is 18.0 Å². The van der Waals surface area contributed by atoms with Crippen LogP contribution in [0.1, 0.15) is 11.1 Å². The van der Waals surface area contributed by atoms with Crippen LogP contribution in [0.15, 0.2) is 76.6 Å². The largest absolute Gasteiger partial charge is 0.503 e. The maximum Gasteiger partial charge on any atom is 0.311 e. The SMILES string of the molecule is C[S+](CCOCc1ccc2c(c1)OCO2)c1c(O)c2cccnc2n(Cc2ccccc2)c1=O. The number of nitrogens with zero attached hydrogens (tertiary/aromatic N) is 2.